The molecular weight excluding hydrogens is 200 g/mol. The minimum atomic E-state index is -0.558. The van der Waals surface area contributed by atoms with Crippen LogP contribution in [-0.4, -0.2) is 15.6 Å². The van der Waals surface area contributed by atoms with Crippen LogP contribution in [-0.2, 0) is 10.2 Å². The van der Waals surface area contributed by atoms with Crippen molar-refractivity contribution in [2.75, 3.05) is 5.75 Å². The Bertz CT molecular complexity index is 139. The van der Waals surface area contributed by atoms with Crippen molar-refractivity contribution in [3.8, 4) is 0 Å². The molecule has 0 aromatic carbocycles. The summed E-state index contributed by atoms with van der Waals surface area (Å²) in [6.07, 6.45) is 6.28. The summed E-state index contributed by atoms with van der Waals surface area (Å²) >= 11 is 0. The Labute approximate surface area is 88.6 Å². The summed E-state index contributed by atoms with van der Waals surface area (Å²) in [6, 6.07) is 0. The second-order valence-corrected chi connectivity index (χ2v) is 7.70. The molecule has 0 aromatic heterocycles. The first-order valence-corrected chi connectivity index (χ1v) is 7.95. The van der Waals surface area contributed by atoms with Crippen LogP contribution < -0.4 is 0 Å². The Hall–Kier alpha value is 0.660. The first kappa shape index (κ1) is 11.7. The summed E-state index contributed by atoms with van der Waals surface area (Å²) in [5.74, 6) is 1.94. The van der Waals surface area contributed by atoms with Gasteiger partial charge in [-0.25, -0.2) is 0 Å². The first-order chi connectivity index (χ1) is 6.20. The van der Waals surface area contributed by atoms with E-state index in [-0.39, 0.29) is 0 Å². The summed E-state index contributed by atoms with van der Waals surface area (Å²) in [5.41, 5.74) is 0. The number of unbranched alkanes of at least 4 members (excludes halogenated alkanes) is 1. The molecule has 0 bridgehead atoms. The zero-order valence-corrected chi connectivity index (χ0v) is 10.3. The molecule has 1 heterocycles. The van der Waals surface area contributed by atoms with Gasteiger partial charge in [0.1, 0.15) is 5.25 Å². The molecule has 2 atom stereocenters. The van der Waals surface area contributed by atoms with Gasteiger partial charge in [-0.3, -0.25) is 0 Å². The smallest absolute Gasteiger partial charge is 0.128 e. The molecule has 0 aliphatic carbocycles. The van der Waals surface area contributed by atoms with E-state index in [2.05, 4.69) is 13.8 Å². The van der Waals surface area contributed by atoms with Gasteiger partial charge in [0.15, 0.2) is 0 Å². The molecule has 1 unspecified atom stereocenters. The Balaban J connectivity index is 1.99. The summed E-state index contributed by atoms with van der Waals surface area (Å²) in [7, 11) is 1.08. The van der Waals surface area contributed by atoms with E-state index in [9.17, 15) is 4.55 Å². The molecule has 78 valence electrons. The molecule has 0 radical (unpaired) electrons. The van der Waals surface area contributed by atoms with Crippen LogP contribution in [0.4, 0.5) is 0 Å². The highest BCUT2D eigenvalue weighted by molar-refractivity contribution is 8.72. The van der Waals surface area contributed by atoms with Crippen LogP contribution in [0, 0.1) is 5.92 Å². The van der Waals surface area contributed by atoms with Gasteiger partial charge in [0.2, 0.25) is 0 Å². The summed E-state index contributed by atoms with van der Waals surface area (Å²) in [6.45, 7) is 4.53. The topological polar surface area (TPSA) is 23.1 Å². The third kappa shape index (κ3) is 4.61. The van der Waals surface area contributed by atoms with Gasteiger partial charge in [0.05, 0.1) is 10.8 Å². The largest absolute Gasteiger partial charge is 0.605 e. The van der Waals surface area contributed by atoms with Gasteiger partial charge in [-0.05, 0) is 18.8 Å². The fourth-order valence-corrected chi connectivity index (χ4v) is 5.11. The van der Waals surface area contributed by atoms with Crippen molar-refractivity contribution >= 4 is 21.0 Å². The van der Waals surface area contributed by atoms with Crippen LogP contribution in [0.1, 0.15) is 46.0 Å². The maximum Gasteiger partial charge on any atom is 0.128 e. The van der Waals surface area contributed by atoms with E-state index < -0.39 is 10.2 Å². The van der Waals surface area contributed by atoms with Gasteiger partial charge in [0, 0.05) is 22.4 Å². The molecule has 0 amide bonds. The van der Waals surface area contributed by atoms with E-state index >= 15 is 0 Å². The average molecular weight is 220 g/mol. The Morgan fingerprint density at radius 1 is 1.46 bits per heavy atom. The molecule has 1 fully saturated rings. The third-order valence-corrected chi connectivity index (χ3v) is 6.13. The predicted octanol–water partition coefficient (Wildman–Crippen LogP) is 3.37. The van der Waals surface area contributed by atoms with E-state index in [1.165, 1.54) is 32.1 Å². The van der Waals surface area contributed by atoms with Crippen molar-refractivity contribution in [3.05, 3.63) is 0 Å². The van der Waals surface area contributed by atoms with Crippen molar-refractivity contribution in [3.63, 3.8) is 0 Å². The molecule has 1 rings (SSSR count). The van der Waals surface area contributed by atoms with Crippen molar-refractivity contribution in [2.24, 2.45) is 5.92 Å². The predicted molar refractivity (Wildman–Crippen MR) is 62.3 cm³/mol. The fraction of sp³-hybridized carbons (Fsp3) is 1.00. The Morgan fingerprint density at radius 3 is 2.77 bits per heavy atom. The van der Waals surface area contributed by atoms with Crippen LogP contribution in [0.3, 0.4) is 0 Å². The molecule has 1 aliphatic rings. The van der Waals surface area contributed by atoms with Gasteiger partial charge >= 0.3 is 0 Å². The van der Waals surface area contributed by atoms with E-state index in [4.69, 9.17) is 0 Å². The lowest BCUT2D eigenvalue weighted by Gasteiger charge is -2.11. The fourth-order valence-electron chi connectivity index (χ4n) is 1.62. The number of rotatable bonds is 5. The molecule has 0 spiro atoms. The summed E-state index contributed by atoms with van der Waals surface area (Å²) < 4.78 is 11.4. The van der Waals surface area contributed by atoms with E-state index in [0.717, 1.165) is 11.7 Å². The van der Waals surface area contributed by atoms with Crippen molar-refractivity contribution in [2.45, 2.75) is 51.2 Å². The molecule has 1 saturated heterocycles. The molecule has 0 saturated carbocycles. The standard InChI is InChI=1S/C10H20OS2/c1-9(2)5-3-4-6-10-7-8-12-13(10)11/h9-10H,3-8H2,1-2H3/t10-,13?/m1/s1. The van der Waals surface area contributed by atoms with E-state index in [1.54, 1.807) is 10.8 Å². The minimum absolute atomic E-state index is 0.511. The SMILES string of the molecule is CC(C)CCCC[C@@H]1CCS[S+]1[O-]. The van der Waals surface area contributed by atoms with Crippen molar-refractivity contribution < 1.29 is 4.55 Å². The molecule has 1 nitrogen and oxygen atoms in total. The van der Waals surface area contributed by atoms with Crippen molar-refractivity contribution in [1.29, 1.82) is 0 Å². The normalized spacial score (nSPS) is 28.6. The quantitative estimate of drug-likeness (QED) is 0.403. The first-order valence-electron chi connectivity index (χ1n) is 5.24. The molecular formula is C10H20OS2. The van der Waals surface area contributed by atoms with E-state index in [1.807, 2.05) is 0 Å². The summed E-state index contributed by atoms with van der Waals surface area (Å²) in [5, 5.41) is 0.511. The van der Waals surface area contributed by atoms with Gasteiger partial charge in [-0.1, -0.05) is 26.7 Å². The van der Waals surface area contributed by atoms with Crippen LogP contribution in [0.2, 0.25) is 0 Å². The second kappa shape index (κ2) is 6.20. The lowest BCUT2D eigenvalue weighted by Crippen LogP contribution is -2.11. The van der Waals surface area contributed by atoms with Gasteiger partial charge in [0.25, 0.3) is 0 Å². The Kier molecular flexibility index (Phi) is 5.60. The van der Waals surface area contributed by atoms with Crippen LogP contribution in [0.25, 0.3) is 0 Å². The second-order valence-electron chi connectivity index (χ2n) is 4.17. The zero-order chi connectivity index (χ0) is 9.68. The molecule has 0 N–H and O–H groups in total. The lowest BCUT2D eigenvalue weighted by molar-refractivity contribution is 0.515. The van der Waals surface area contributed by atoms with Gasteiger partial charge < -0.3 is 4.55 Å². The van der Waals surface area contributed by atoms with E-state index in [0.29, 0.717) is 5.25 Å². The third-order valence-electron chi connectivity index (χ3n) is 2.47. The van der Waals surface area contributed by atoms with Crippen molar-refractivity contribution in [1.82, 2.24) is 0 Å². The summed E-state index contributed by atoms with van der Waals surface area (Å²) in [4.78, 5) is 0. The highest BCUT2D eigenvalue weighted by Gasteiger charge is 2.30. The maximum atomic E-state index is 11.4. The van der Waals surface area contributed by atoms with Crippen LogP contribution >= 0.6 is 10.8 Å². The monoisotopic (exact) mass is 220 g/mol. The lowest BCUT2D eigenvalue weighted by atomic mass is 10.0. The maximum absolute atomic E-state index is 11.4. The number of hydrogen-bond acceptors (Lipinski definition) is 2. The van der Waals surface area contributed by atoms with Crippen LogP contribution in [0.15, 0.2) is 0 Å². The highest BCUT2D eigenvalue weighted by atomic mass is 33.1. The Morgan fingerprint density at radius 2 is 2.23 bits per heavy atom. The average Bonchev–Trinajstić information content (AvgIpc) is 2.45. The molecule has 1 aliphatic heterocycles. The van der Waals surface area contributed by atoms with Gasteiger partial charge in [-0.2, -0.15) is 0 Å². The molecule has 13 heavy (non-hydrogen) atoms. The number of hydrogen-bond donors (Lipinski definition) is 0. The molecule has 3 heteroatoms. The van der Waals surface area contributed by atoms with Gasteiger partial charge in [-0.15, -0.1) is 0 Å². The minimum Gasteiger partial charge on any atom is -0.605 e. The molecule has 0 aromatic rings. The zero-order valence-electron chi connectivity index (χ0n) is 8.62. The van der Waals surface area contributed by atoms with Crippen LogP contribution in [0.5, 0.6) is 0 Å². The highest BCUT2D eigenvalue weighted by Crippen LogP contribution is 2.33.